The van der Waals surface area contributed by atoms with E-state index in [0.717, 1.165) is 6.29 Å². The summed E-state index contributed by atoms with van der Waals surface area (Å²) < 4.78 is 0. The van der Waals surface area contributed by atoms with Crippen LogP contribution in [-0.2, 0) is 4.79 Å². The lowest BCUT2D eigenvalue weighted by molar-refractivity contribution is -0.111. The van der Waals surface area contributed by atoms with E-state index in [1.807, 2.05) is 6.92 Å². The van der Waals surface area contributed by atoms with Gasteiger partial charge in [-0.2, -0.15) is 0 Å². The first-order valence-corrected chi connectivity index (χ1v) is 5.67. The number of carbonyl (C=O) groups is 1. The zero-order chi connectivity index (χ0) is 10.1. The van der Waals surface area contributed by atoms with Crippen molar-refractivity contribution in [3.63, 3.8) is 0 Å². The van der Waals surface area contributed by atoms with Gasteiger partial charge >= 0.3 is 0 Å². The molecule has 0 aromatic rings. The van der Waals surface area contributed by atoms with Crippen molar-refractivity contribution in [1.29, 1.82) is 0 Å². The van der Waals surface area contributed by atoms with Crippen LogP contribution < -0.4 is 0 Å². The molecule has 0 rings (SSSR count). The van der Waals surface area contributed by atoms with Gasteiger partial charge in [-0.25, -0.2) is 0 Å². The van der Waals surface area contributed by atoms with E-state index in [1.54, 1.807) is 0 Å². The molecular formula is C12H24O. The predicted molar refractivity (Wildman–Crippen MR) is 57.8 cm³/mol. The molecule has 0 bridgehead atoms. The van der Waals surface area contributed by atoms with Crippen LogP contribution in [0.15, 0.2) is 0 Å². The van der Waals surface area contributed by atoms with Crippen molar-refractivity contribution in [2.24, 2.45) is 11.8 Å². The zero-order valence-corrected chi connectivity index (χ0v) is 9.38. The average molecular weight is 184 g/mol. The summed E-state index contributed by atoms with van der Waals surface area (Å²) >= 11 is 0. The van der Waals surface area contributed by atoms with Crippen molar-refractivity contribution < 1.29 is 4.79 Å². The largest absolute Gasteiger partial charge is 0.303 e. The molecule has 0 saturated carbocycles. The number of carbonyl (C=O) groups excluding carboxylic acids is 1. The molecule has 0 amide bonds. The fourth-order valence-corrected chi connectivity index (χ4v) is 1.47. The number of aldehydes is 1. The van der Waals surface area contributed by atoms with Gasteiger partial charge in [-0.3, -0.25) is 0 Å². The second-order valence-corrected chi connectivity index (χ2v) is 4.18. The summed E-state index contributed by atoms with van der Waals surface area (Å²) in [5.41, 5.74) is 0. The lowest BCUT2D eigenvalue weighted by Crippen LogP contribution is -2.08. The number of rotatable bonds is 8. The minimum Gasteiger partial charge on any atom is -0.303 e. The Morgan fingerprint density at radius 1 is 1.08 bits per heavy atom. The van der Waals surface area contributed by atoms with Crippen LogP contribution in [0.5, 0.6) is 0 Å². The molecule has 0 N–H and O–H groups in total. The second-order valence-electron chi connectivity index (χ2n) is 4.18. The second kappa shape index (κ2) is 8.28. The van der Waals surface area contributed by atoms with Gasteiger partial charge in [-0.1, -0.05) is 59.3 Å². The van der Waals surface area contributed by atoms with Gasteiger partial charge in [-0.05, 0) is 5.92 Å². The highest BCUT2D eigenvalue weighted by Gasteiger charge is 2.09. The molecule has 0 aliphatic rings. The molecule has 0 heterocycles. The molecule has 1 heteroatoms. The zero-order valence-electron chi connectivity index (χ0n) is 9.38. The van der Waals surface area contributed by atoms with Crippen LogP contribution in [0.4, 0.5) is 0 Å². The summed E-state index contributed by atoms with van der Waals surface area (Å²) in [5, 5.41) is 0. The monoisotopic (exact) mass is 184 g/mol. The molecule has 0 aromatic heterocycles. The van der Waals surface area contributed by atoms with E-state index in [2.05, 4.69) is 13.8 Å². The lowest BCUT2D eigenvalue weighted by Gasteiger charge is -2.13. The summed E-state index contributed by atoms with van der Waals surface area (Å²) in [6.07, 6.45) is 8.94. The van der Waals surface area contributed by atoms with Crippen LogP contribution in [0.2, 0.25) is 0 Å². The summed E-state index contributed by atoms with van der Waals surface area (Å²) in [6.45, 7) is 6.43. The van der Waals surface area contributed by atoms with Gasteiger partial charge in [0.15, 0.2) is 0 Å². The quantitative estimate of drug-likeness (QED) is 0.414. The Bertz CT molecular complexity index is 120. The molecular weight excluding hydrogens is 160 g/mol. The Morgan fingerprint density at radius 3 is 2.23 bits per heavy atom. The van der Waals surface area contributed by atoms with Crippen LogP contribution in [0.3, 0.4) is 0 Å². The van der Waals surface area contributed by atoms with Crippen molar-refractivity contribution in [2.45, 2.75) is 59.3 Å². The number of hydrogen-bond acceptors (Lipinski definition) is 1. The Balaban J connectivity index is 3.26. The van der Waals surface area contributed by atoms with Crippen LogP contribution in [-0.4, -0.2) is 6.29 Å². The maximum atomic E-state index is 10.5. The topological polar surface area (TPSA) is 17.1 Å². The molecule has 0 fully saturated rings. The van der Waals surface area contributed by atoms with Crippen molar-refractivity contribution >= 4 is 6.29 Å². The van der Waals surface area contributed by atoms with Gasteiger partial charge in [0.1, 0.15) is 6.29 Å². The summed E-state index contributed by atoms with van der Waals surface area (Å²) in [7, 11) is 0. The van der Waals surface area contributed by atoms with Crippen LogP contribution in [0.1, 0.15) is 59.3 Å². The summed E-state index contributed by atoms with van der Waals surface area (Å²) in [4.78, 5) is 10.5. The smallest absolute Gasteiger partial charge is 0.123 e. The summed E-state index contributed by atoms with van der Waals surface area (Å²) in [6, 6.07) is 0. The van der Waals surface area contributed by atoms with E-state index < -0.39 is 0 Å². The van der Waals surface area contributed by atoms with Gasteiger partial charge < -0.3 is 4.79 Å². The normalized spacial score (nSPS) is 15.3. The van der Waals surface area contributed by atoms with E-state index >= 15 is 0 Å². The van der Waals surface area contributed by atoms with Crippen molar-refractivity contribution in [1.82, 2.24) is 0 Å². The van der Waals surface area contributed by atoms with E-state index in [9.17, 15) is 4.79 Å². The Kier molecular flexibility index (Phi) is 8.07. The molecule has 13 heavy (non-hydrogen) atoms. The first-order valence-electron chi connectivity index (χ1n) is 5.67. The highest BCUT2D eigenvalue weighted by atomic mass is 16.1. The van der Waals surface area contributed by atoms with E-state index in [0.29, 0.717) is 5.92 Å². The molecule has 78 valence electrons. The predicted octanol–water partition coefficient (Wildman–Crippen LogP) is 3.82. The lowest BCUT2D eigenvalue weighted by atomic mass is 9.92. The maximum absolute atomic E-state index is 10.5. The molecule has 0 radical (unpaired) electrons. The molecule has 1 nitrogen and oxygen atoms in total. The molecule has 0 aliphatic carbocycles. The average Bonchev–Trinajstić information content (AvgIpc) is 2.16. The first kappa shape index (κ1) is 12.7. The fourth-order valence-electron chi connectivity index (χ4n) is 1.47. The van der Waals surface area contributed by atoms with Crippen LogP contribution >= 0.6 is 0 Å². The highest BCUT2D eigenvalue weighted by Crippen LogP contribution is 2.17. The number of unbranched alkanes of at least 4 members (excludes halogenated alkanes) is 4. The van der Waals surface area contributed by atoms with Crippen molar-refractivity contribution in [2.75, 3.05) is 0 Å². The van der Waals surface area contributed by atoms with Crippen molar-refractivity contribution in [3.05, 3.63) is 0 Å². The van der Waals surface area contributed by atoms with Gasteiger partial charge in [0.2, 0.25) is 0 Å². The van der Waals surface area contributed by atoms with Crippen LogP contribution in [0.25, 0.3) is 0 Å². The molecule has 0 aromatic carbocycles. The molecule has 0 aliphatic heterocycles. The fraction of sp³-hybridized carbons (Fsp3) is 0.917. The Morgan fingerprint density at radius 2 is 1.69 bits per heavy atom. The SMILES string of the molecule is CCCCCCCC(C)C(C)C=O. The third kappa shape index (κ3) is 6.80. The third-order valence-corrected chi connectivity index (χ3v) is 2.88. The Labute approximate surface area is 82.9 Å². The van der Waals surface area contributed by atoms with E-state index in [-0.39, 0.29) is 5.92 Å². The van der Waals surface area contributed by atoms with Gasteiger partial charge in [0.05, 0.1) is 0 Å². The minimum absolute atomic E-state index is 0.242. The molecule has 0 saturated heterocycles. The maximum Gasteiger partial charge on any atom is 0.123 e. The molecule has 2 atom stereocenters. The Hall–Kier alpha value is -0.330. The van der Waals surface area contributed by atoms with Crippen LogP contribution in [0, 0.1) is 11.8 Å². The van der Waals surface area contributed by atoms with Gasteiger partial charge in [0, 0.05) is 5.92 Å². The van der Waals surface area contributed by atoms with Gasteiger partial charge in [0.25, 0.3) is 0 Å². The molecule has 2 unspecified atom stereocenters. The van der Waals surface area contributed by atoms with E-state index in [4.69, 9.17) is 0 Å². The highest BCUT2D eigenvalue weighted by molar-refractivity contribution is 5.53. The standard InChI is InChI=1S/C12H24O/c1-4-5-6-7-8-9-11(2)12(3)10-13/h10-12H,4-9H2,1-3H3. The number of hydrogen-bond donors (Lipinski definition) is 0. The summed E-state index contributed by atoms with van der Waals surface area (Å²) in [5.74, 6) is 0.810. The first-order chi connectivity index (χ1) is 6.22. The molecule has 0 spiro atoms. The van der Waals surface area contributed by atoms with Crippen molar-refractivity contribution in [3.8, 4) is 0 Å². The van der Waals surface area contributed by atoms with Gasteiger partial charge in [-0.15, -0.1) is 0 Å². The minimum atomic E-state index is 0.242. The van der Waals surface area contributed by atoms with E-state index in [1.165, 1.54) is 38.5 Å². The third-order valence-electron chi connectivity index (χ3n) is 2.88.